The minimum atomic E-state index is 0.564. The molecule has 0 radical (unpaired) electrons. The van der Waals surface area contributed by atoms with Gasteiger partial charge in [-0.3, -0.25) is 4.98 Å². The van der Waals surface area contributed by atoms with Gasteiger partial charge < -0.3 is 10.1 Å². The summed E-state index contributed by atoms with van der Waals surface area (Å²) in [6.45, 7) is 11.2. The molecule has 0 amide bonds. The molecule has 0 aliphatic heterocycles. The lowest BCUT2D eigenvalue weighted by molar-refractivity contribution is 0.241. The highest BCUT2D eigenvalue weighted by Gasteiger charge is 2.04. The molecular weight excluding hydrogens is 238 g/mol. The van der Waals surface area contributed by atoms with Crippen LogP contribution in [0.2, 0.25) is 0 Å². The van der Waals surface area contributed by atoms with Crippen LogP contribution in [0.25, 0.3) is 0 Å². The fourth-order valence-corrected chi connectivity index (χ4v) is 1.83. The molecule has 0 saturated carbocycles. The minimum absolute atomic E-state index is 0.564. The lowest BCUT2D eigenvalue weighted by Crippen LogP contribution is -2.20. The van der Waals surface area contributed by atoms with Gasteiger partial charge in [0.25, 0.3) is 0 Å². The van der Waals surface area contributed by atoms with E-state index in [1.807, 2.05) is 0 Å². The smallest absolute Gasteiger partial charge is 0.232 e. The van der Waals surface area contributed by atoms with Crippen LogP contribution in [0.5, 0.6) is 5.88 Å². The van der Waals surface area contributed by atoms with Gasteiger partial charge >= 0.3 is 0 Å². The summed E-state index contributed by atoms with van der Waals surface area (Å²) in [6.07, 6.45) is 5.85. The van der Waals surface area contributed by atoms with Crippen LogP contribution in [0, 0.1) is 11.8 Å². The number of rotatable bonds is 9. The van der Waals surface area contributed by atoms with E-state index < -0.39 is 0 Å². The van der Waals surface area contributed by atoms with E-state index >= 15 is 0 Å². The topological polar surface area (TPSA) is 47.0 Å². The Hall–Kier alpha value is -1.16. The van der Waals surface area contributed by atoms with Crippen molar-refractivity contribution in [2.24, 2.45) is 11.8 Å². The third kappa shape index (κ3) is 7.11. The molecule has 1 atom stereocenters. The molecule has 0 aliphatic carbocycles. The van der Waals surface area contributed by atoms with Gasteiger partial charge in [0.2, 0.25) is 5.88 Å². The van der Waals surface area contributed by atoms with Gasteiger partial charge in [-0.15, -0.1) is 0 Å². The van der Waals surface area contributed by atoms with Gasteiger partial charge in [0.1, 0.15) is 0 Å². The maximum absolute atomic E-state index is 5.69. The summed E-state index contributed by atoms with van der Waals surface area (Å²) in [5, 5.41) is 3.36. The predicted octanol–water partition coefficient (Wildman–Crippen LogP) is 3.04. The quantitative estimate of drug-likeness (QED) is 0.745. The van der Waals surface area contributed by atoms with Crippen LogP contribution in [0.1, 0.15) is 46.2 Å². The number of aromatic nitrogens is 2. The van der Waals surface area contributed by atoms with Crippen molar-refractivity contribution < 1.29 is 4.74 Å². The van der Waals surface area contributed by atoms with E-state index in [2.05, 4.69) is 43.0 Å². The molecule has 0 bridgehead atoms. The highest BCUT2D eigenvalue weighted by Crippen LogP contribution is 2.10. The summed E-state index contributed by atoms with van der Waals surface area (Å²) in [7, 11) is 0. The van der Waals surface area contributed by atoms with Gasteiger partial charge in [0.15, 0.2) is 0 Å². The predicted molar refractivity (Wildman–Crippen MR) is 78.1 cm³/mol. The molecule has 108 valence electrons. The fourth-order valence-electron chi connectivity index (χ4n) is 1.83. The van der Waals surface area contributed by atoms with E-state index in [-0.39, 0.29) is 0 Å². The Kier molecular flexibility index (Phi) is 7.41. The highest BCUT2D eigenvalue weighted by atomic mass is 16.5. The van der Waals surface area contributed by atoms with E-state index in [0.717, 1.165) is 18.8 Å². The normalized spacial score (nSPS) is 12.7. The number of nitrogens with one attached hydrogen (secondary N) is 1. The van der Waals surface area contributed by atoms with Gasteiger partial charge in [0.05, 0.1) is 18.5 Å². The average molecular weight is 265 g/mol. The Morgan fingerprint density at radius 1 is 1.26 bits per heavy atom. The standard InChI is InChI=1S/C15H27N3O/c1-5-6-13(4)11-19-15-10-17-9-14(18-15)8-16-7-12(2)3/h9-10,12-13,16H,5-8,11H2,1-4H3. The lowest BCUT2D eigenvalue weighted by atomic mass is 10.1. The zero-order valence-corrected chi connectivity index (χ0v) is 12.6. The SMILES string of the molecule is CCCC(C)COc1cncc(CNCC(C)C)n1. The second-order valence-electron chi connectivity index (χ2n) is 5.58. The molecule has 4 heteroatoms. The summed E-state index contributed by atoms with van der Waals surface area (Å²) in [6, 6.07) is 0. The molecule has 1 unspecified atom stereocenters. The van der Waals surface area contributed by atoms with Gasteiger partial charge in [-0.25, -0.2) is 4.98 Å². The number of ether oxygens (including phenoxy) is 1. The molecule has 1 heterocycles. The Bertz CT molecular complexity index is 355. The maximum Gasteiger partial charge on any atom is 0.232 e. The van der Waals surface area contributed by atoms with Crippen LogP contribution in [0.15, 0.2) is 12.4 Å². The van der Waals surface area contributed by atoms with Crippen molar-refractivity contribution in [1.82, 2.24) is 15.3 Å². The lowest BCUT2D eigenvalue weighted by Gasteiger charge is -2.12. The Balaban J connectivity index is 2.38. The van der Waals surface area contributed by atoms with Crippen LogP contribution in [0.4, 0.5) is 0 Å². The van der Waals surface area contributed by atoms with Gasteiger partial charge in [-0.2, -0.15) is 0 Å². The van der Waals surface area contributed by atoms with Crippen LogP contribution >= 0.6 is 0 Å². The van der Waals surface area contributed by atoms with Crippen molar-refractivity contribution in [3.05, 3.63) is 18.1 Å². The number of hydrogen-bond acceptors (Lipinski definition) is 4. The molecule has 0 fully saturated rings. The molecule has 0 aliphatic rings. The van der Waals surface area contributed by atoms with Crippen LogP contribution in [-0.4, -0.2) is 23.1 Å². The first kappa shape index (κ1) is 15.9. The summed E-state index contributed by atoms with van der Waals surface area (Å²) in [5.41, 5.74) is 0.932. The second kappa shape index (κ2) is 8.86. The summed E-state index contributed by atoms with van der Waals surface area (Å²) in [4.78, 5) is 8.63. The third-order valence-corrected chi connectivity index (χ3v) is 2.82. The van der Waals surface area contributed by atoms with Gasteiger partial charge in [0, 0.05) is 12.7 Å². The van der Waals surface area contributed by atoms with E-state index in [1.54, 1.807) is 12.4 Å². The maximum atomic E-state index is 5.69. The zero-order chi connectivity index (χ0) is 14.1. The van der Waals surface area contributed by atoms with E-state index in [1.165, 1.54) is 12.8 Å². The first-order valence-corrected chi connectivity index (χ1v) is 7.26. The fraction of sp³-hybridized carbons (Fsp3) is 0.733. The molecule has 4 nitrogen and oxygen atoms in total. The zero-order valence-electron chi connectivity index (χ0n) is 12.6. The highest BCUT2D eigenvalue weighted by molar-refractivity contribution is 5.08. The Morgan fingerprint density at radius 2 is 2.05 bits per heavy atom. The molecule has 0 saturated heterocycles. The molecule has 0 spiro atoms. The van der Waals surface area contributed by atoms with Crippen molar-refractivity contribution in [2.45, 2.75) is 47.1 Å². The van der Waals surface area contributed by atoms with Crippen LogP contribution in [0.3, 0.4) is 0 Å². The largest absolute Gasteiger partial charge is 0.476 e. The van der Waals surface area contributed by atoms with Gasteiger partial charge in [-0.1, -0.05) is 34.1 Å². The number of nitrogens with zero attached hydrogens (tertiary/aromatic N) is 2. The molecule has 1 aromatic rings. The average Bonchev–Trinajstić information content (AvgIpc) is 2.37. The second-order valence-corrected chi connectivity index (χ2v) is 5.58. The van der Waals surface area contributed by atoms with Crippen molar-refractivity contribution in [3.63, 3.8) is 0 Å². The van der Waals surface area contributed by atoms with Gasteiger partial charge in [-0.05, 0) is 24.8 Å². The van der Waals surface area contributed by atoms with Crippen LogP contribution in [-0.2, 0) is 6.54 Å². The summed E-state index contributed by atoms with van der Waals surface area (Å²) in [5.74, 6) is 1.84. The van der Waals surface area contributed by atoms with Crippen molar-refractivity contribution in [1.29, 1.82) is 0 Å². The van der Waals surface area contributed by atoms with E-state index in [4.69, 9.17) is 4.74 Å². The first-order chi connectivity index (χ1) is 9.11. The van der Waals surface area contributed by atoms with E-state index in [9.17, 15) is 0 Å². The summed E-state index contributed by atoms with van der Waals surface area (Å²) >= 11 is 0. The monoisotopic (exact) mass is 265 g/mol. The third-order valence-electron chi connectivity index (χ3n) is 2.82. The molecule has 1 aromatic heterocycles. The minimum Gasteiger partial charge on any atom is -0.476 e. The van der Waals surface area contributed by atoms with E-state index in [0.29, 0.717) is 24.3 Å². The first-order valence-electron chi connectivity index (χ1n) is 7.26. The molecule has 0 aromatic carbocycles. The number of hydrogen-bond donors (Lipinski definition) is 1. The van der Waals surface area contributed by atoms with Crippen molar-refractivity contribution in [2.75, 3.05) is 13.2 Å². The Morgan fingerprint density at radius 3 is 2.74 bits per heavy atom. The molecular formula is C15H27N3O. The van der Waals surface area contributed by atoms with Crippen molar-refractivity contribution >= 4 is 0 Å². The molecule has 1 N–H and O–H groups in total. The summed E-state index contributed by atoms with van der Waals surface area (Å²) < 4.78 is 5.69. The molecule has 1 rings (SSSR count). The Labute approximate surface area is 117 Å². The molecule has 19 heavy (non-hydrogen) atoms. The van der Waals surface area contributed by atoms with Crippen LogP contribution < -0.4 is 10.1 Å². The van der Waals surface area contributed by atoms with Crippen molar-refractivity contribution in [3.8, 4) is 5.88 Å².